The van der Waals surface area contributed by atoms with Crippen LogP contribution in [0.4, 0.5) is 5.69 Å². The molecule has 0 spiro atoms. The van der Waals surface area contributed by atoms with Crippen LogP contribution in [0.15, 0.2) is 46.9 Å². The minimum Gasteiger partial charge on any atom is -0.370 e. The Balaban J connectivity index is 2.34. The highest BCUT2D eigenvalue weighted by Crippen LogP contribution is 2.23. The molecular weight excluding hydrogens is 316 g/mol. The number of primary amides is 1. The number of benzene rings is 2. The third-order valence-electron chi connectivity index (χ3n) is 3.00. The molecule has 0 aliphatic rings. The first-order chi connectivity index (χ1) is 9.45. The maximum Gasteiger partial charge on any atom is 0.244 e. The Morgan fingerprint density at radius 3 is 2.35 bits per heavy atom. The van der Waals surface area contributed by atoms with Crippen molar-refractivity contribution in [2.24, 2.45) is 5.73 Å². The smallest absolute Gasteiger partial charge is 0.244 e. The molecule has 1 unspecified atom stereocenters. The Labute approximate surface area is 127 Å². The molecule has 2 rings (SSSR count). The van der Waals surface area contributed by atoms with E-state index in [9.17, 15) is 4.79 Å². The van der Waals surface area contributed by atoms with Gasteiger partial charge in [0, 0.05) is 10.2 Å². The maximum absolute atomic E-state index is 11.8. The maximum atomic E-state index is 11.8. The van der Waals surface area contributed by atoms with Gasteiger partial charge < -0.3 is 11.1 Å². The Morgan fingerprint density at radius 1 is 1.15 bits per heavy atom. The molecule has 0 radical (unpaired) electrons. The lowest BCUT2D eigenvalue weighted by molar-refractivity contribution is -0.118. The zero-order chi connectivity index (χ0) is 14.7. The van der Waals surface area contributed by atoms with E-state index in [1.165, 1.54) is 0 Å². The molecule has 3 N–H and O–H groups in total. The Bertz CT molecular complexity index is 620. The summed E-state index contributed by atoms with van der Waals surface area (Å²) in [6.07, 6.45) is 0. The molecule has 0 saturated heterocycles. The predicted octanol–water partition coefficient (Wildman–Crippen LogP) is 3.70. The van der Waals surface area contributed by atoms with Gasteiger partial charge in [0.15, 0.2) is 0 Å². The van der Waals surface area contributed by atoms with Crippen molar-refractivity contribution in [2.75, 3.05) is 5.32 Å². The second-order valence-corrected chi connectivity index (χ2v) is 5.83. The molecule has 0 aliphatic heterocycles. The second kappa shape index (κ2) is 6.09. The van der Waals surface area contributed by atoms with Crippen LogP contribution in [-0.4, -0.2) is 5.91 Å². The average molecular weight is 333 g/mol. The monoisotopic (exact) mass is 332 g/mol. The summed E-state index contributed by atoms with van der Waals surface area (Å²) >= 11 is 3.41. The highest BCUT2D eigenvalue weighted by molar-refractivity contribution is 9.10. The van der Waals surface area contributed by atoms with E-state index in [4.69, 9.17) is 5.73 Å². The summed E-state index contributed by atoms with van der Waals surface area (Å²) in [5.41, 5.74) is 9.50. The fraction of sp³-hybridized carbons (Fsp3) is 0.188. The number of carbonyl (C=O) groups excluding carboxylic acids is 1. The molecular formula is C16H17BrN2O. The molecule has 0 bridgehead atoms. The van der Waals surface area contributed by atoms with Crippen LogP contribution in [0.3, 0.4) is 0 Å². The van der Waals surface area contributed by atoms with Crippen molar-refractivity contribution in [3.63, 3.8) is 0 Å². The van der Waals surface area contributed by atoms with Crippen LogP contribution < -0.4 is 11.1 Å². The summed E-state index contributed by atoms with van der Waals surface area (Å²) in [5.74, 6) is -0.394. The van der Waals surface area contributed by atoms with Crippen LogP contribution in [0.2, 0.25) is 0 Å². The lowest BCUT2D eigenvalue weighted by Gasteiger charge is -2.18. The molecule has 0 fully saturated rings. The molecule has 0 aliphatic carbocycles. The van der Waals surface area contributed by atoms with Crippen molar-refractivity contribution >= 4 is 27.5 Å². The molecule has 4 heteroatoms. The van der Waals surface area contributed by atoms with E-state index in [-0.39, 0.29) is 0 Å². The summed E-state index contributed by atoms with van der Waals surface area (Å²) in [5, 5.41) is 3.19. The summed E-state index contributed by atoms with van der Waals surface area (Å²) in [4.78, 5) is 11.8. The number of carbonyl (C=O) groups is 1. The molecule has 1 atom stereocenters. The molecule has 104 valence electrons. The summed E-state index contributed by atoms with van der Waals surface area (Å²) in [7, 11) is 0. The van der Waals surface area contributed by atoms with Crippen LogP contribution in [0.5, 0.6) is 0 Å². The van der Waals surface area contributed by atoms with E-state index in [0.717, 1.165) is 26.9 Å². The molecule has 0 heterocycles. The highest BCUT2D eigenvalue weighted by Gasteiger charge is 2.18. The minimum absolute atomic E-state index is 0.394. The van der Waals surface area contributed by atoms with Crippen molar-refractivity contribution in [2.45, 2.75) is 19.9 Å². The fourth-order valence-electron chi connectivity index (χ4n) is 2.24. The molecule has 0 saturated carbocycles. The van der Waals surface area contributed by atoms with Gasteiger partial charge in [-0.25, -0.2) is 0 Å². The van der Waals surface area contributed by atoms with Gasteiger partial charge in [-0.15, -0.1) is 0 Å². The average Bonchev–Trinajstić information content (AvgIpc) is 2.34. The lowest BCUT2D eigenvalue weighted by Crippen LogP contribution is -2.27. The standard InChI is InChI=1S/C16H17BrN2O/c1-10-6-11(2)8-12(7-10)15(16(18)20)19-14-5-3-4-13(17)9-14/h3-9,15,19H,1-2H3,(H2,18,20). The number of aryl methyl sites for hydroxylation is 2. The van der Waals surface area contributed by atoms with E-state index in [2.05, 4.69) is 27.3 Å². The first-order valence-corrected chi connectivity index (χ1v) is 7.14. The van der Waals surface area contributed by atoms with Gasteiger partial charge in [-0.05, 0) is 37.6 Å². The van der Waals surface area contributed by atoms with E-state index in [1.807, 2.05) is 50.2 Å². The SMILES string of the molecule is Cc1cc(C)cc(C(Nc2cccc(Br)c2)C(N)=O)c1. The summed E-state index contributed by atoms with van der Waals surface area (Å²) in [6.45, 7) is 4.02. The van der Waals surface area contributed by atoms with Gasteiger partial charge in [-0.1, -0.05) is 51.3 Å². The van der Waals surface area contributed by atoms with Crippen molar-refractivity contribution in [3.8, 4) is 0 Å². The van der Waals surface area contributed by atoms with Gasteiger partial charge in [0.2, 0.25) is 5.91 Å². The number of amides is 1. The number of hydrogen-bond donors (Lipinski definition) is 2. The van der Waals surface area contributed by atoms with Crippen molar-refractivity contribution < 1.29 is 4.79 Å². The molecule has 1 amide bonds. The van der Waals surface area contributed by atoms with Gasteiger partial charge >= 0.3 is 0 Å². The van der Waals surface area contributed by atoms with Crippen molar-refractivity contribution in [1.29, 1.82) is 0 Å². The Hall–Kier alpha value is -1.81. The number of nitrogens with two attached hydrogens (primary N) is 1. The minimum atomic E-state index is -0.539. The number of rotatable bonds is 4. The Kier molecular flexibility index (Phi) is 4.45. The van der Waals surface area contributed by atoms with E-state index in [0.29, 0.717) is 0 Å². The number of halogens is 1. The second-order valence-electron chi connectivity index (χ2n) is 4.91. The molecule has 2 aromatic carbocycles. The third-order valence-corrected chi connectivity index (χ3v) is 3.49. The van der Waals surface area contributed by atoms with Crippen LogP contribution in [-0.2, 0) is 4.79 Å². The van der Waals surface area contributed by atoms with Crippen LogP contribution in [0, 0.1) is 13.8 Å². The van der Waals surface area contributed by atoms with E-state index >= 15 is 0 Å². The summed E-state index contributed by atoms with van der Waals surface area (Å²) in [6, 6.07) is 13.2. The normalized spacial score (nSPS) is 11.9. The predicted molar refractivity (Wildman–Crippen MR) is 85.6 cm³/mol. The quantitative estimate of drug-likeness (QED) is 0.896. The third kappa shape index (κ3) is 3.61. The number of nitrogens with one attached hydrogen (secondary N) is 1. The topological polar surface area (TPSA) is 55.1 Å². The first-order valence-electron chi connectivity index (χ1n) is 6.35. The summed E-state index contributed by atoms with van der Waals surface area (Å²) < 4.78 is 0.950. The first kappa shape index (κ1) is 14.6. The van der Waals surface area contributed by atoms with E-state index in [1.54, 1.807) is 0 Å². The van der Waals surface area contributed by atoms with Crippen LogP contribution in [0.25, 0.3) is 0 Å². The molecule has 2 aromatic rings. The zero-order valence-corrected chi connectivity index (χ0v) is 13.1. The zero-order valence-electron chi connectivity index (χ0n) is 11.5. The molecule has 3 nitrogen and oxygen atoms in total. The lowest BCUT2D eigenvalue weighted by atomic mass is 10.0. The molecule has 0 aromatic heterocycles. The fourth-order valence-corrected chi connectivity index (χ4v) is 2.64. The van der Waals surface area contributed by atoms with Crippen LogP contribution >= 0.6 is 15.9 Å². The van der Waals surface area contributed by atoms with E-state index < -0.39 is 11.9 Å². The van der Waals surface area contributed by atoms with Gasteiger partial charge in [0.05, 0.1) is 0 Å². The van der Waals surface area contributed by atoms with Crippen LogP contribution in [0.1, 0.15) is 22.7 Å². The largest absolute Gasteiger partial charge is 0.370 e. The Morgan fingerprint density at radius 2 is 1.80 bits per heavy atom. The van der Waals surface area contributed by atoms with Gasteiger partial charge in [0.1, 0.15) is 6.04 Å². The van der Waals surface area contributed by atoms with Crippen molar-refractivity contribution in [1.82, 2.24) is 0 Å². The number of anilines is 1. The highest BCUT2D eigenvalue weighted by atomic mass is 79.9. The van der Waals surface area contributed by atoms with Gasteiger partial charge in [-0.3, -0.25) is 4.79 Å². The van der Waals surface area contributed by atoms with Gasteiger partial charge in [0.25, 0.3) is 0 Å². The van der Waals surface area contributed by atoms with Gasteiger partial charge in [-0.2, -0.15) is 0 Å². The molecule has 20 heavy (non-hydrogen) atoms. The van der Waals surface area contributed by atoms with Crippen molar-refractivity contribution in [3.05, 3.63) is 63.6 Å². The number of hydrogen-bond acceptors (Lipinski definition) is 2.